The van der Waals surface area contributed by atoms with E-state index in [0.717, 1.165) is 32.7 Å². The molecule has 0 bridgehead atoms. The summed E-state index contributed by atoms with van der Waals surface area (Å²) < 4.78 is 7.61. The third-order valence-electron chi connectivity index (χ3n) is 2.58. The Hall–Kier alpha value is -0.870. The number of morpholine rings is 1. The van der Waals surface area contributed by atoms with Crippen LogP contribution in [0.3, 0.4) is 0 Å². The molecule has 1 fully saturated rings. The first-order chi connectivity index (χ1) is 6.90. The van der Waals surface area contributed by atoms with E-state index in [0.29, 0.717) is 6.04 Å². The highest BCUT2D eigenvalue weighted by molar-refractivity contribution is 4.98. The van der Waals surface area contributed by atoms with E-state index >= 15 is 0 Å². The first-order valence-electron chi connectivity index (χ1n) is 5.20. The lowest BCUT2D eigenvalue weighted by atomic mass is 10.2. The van der Waals surface area contributed by atoms with E-state index in [1.165, 1.54) is 5.69 Å². The third kappa shape index (κ3) is 2.13. The number of nitrogens with one attached hydrogen (secondary N) is 1. The zero-order chi connectivity index (χ0) is 9.80. The Morgan fingerprint density at radius 3 is 3.36 bits per heavy atom. The van der Waals surface area contributed by atoms with Crippen molar-refractivity contribution in [1.82, 2.24) is 14.9 Å². The van der Waals surface area contributed by atoms with Gasteiger partial charge in [0, 0.05) is 31.0 Å². The maximum Gasteiger partial charge on any atom is 0.0948 e. The zero-order valence-electron chi connectivity index (χ0n) is 8.57. The maximum atomic E-state index is 5.41. The van der Waals surface area contributed by atoms with Crippen molar-refractivity contribution in [3.8, 4) is 0 Å². The number of ether oxygens (including phenoxy) is 1. The Bertz CT molecular complexity index is 279. The summed E-state index contributed by atoms with van der Waals surface area (Å²) in [5.74, 6) is 0. The van der Waals surface area contributed by atoms with Gasteiger partial charge in [0.25, 0.3) is 0 Å². The summed E-state index contributed by atoms with van der Waals surface area (Å²) in [5, 5.41) is 3.44. The van der Waals surface area contributed by atoms with Gasteiger partial charge in [-0.25, -0.2) is 4.98 Å². The van der Waals surface area contributed by atoms with Crippen LogP contribution >= 0.6 is 0 Å². The highest BCUT2D eigenvalue weighted by atomic mass is 16.5. The number of aromatic nitrogens is 2. The van der Waals surface area contributed by atoms with Crippen molar-refractivity contribution in [2.24, 2.45) is 0 Å². The van der Waals surface area contributed by atoms with Crippen molar-refractivity contribution in [3.05, 3.63) is 18.2 Å². The van der Waals surface area contributed by atoms with E-state index in [1.807, 2.05) is 12.5 Å². The molecule has 1 aliphatic rings. The Kier molecular flexibility index (Phi) is 3.16. The Morgan fingerprint density at radius 1 is 1.71 bits per heavy atom. The number of aryl methyl sites for hydroxylation is 1. The van der Waals surface area contributed by atoms with Crippen LogP contribution in [0.4, 0.5) is 0 Å². The van der Waals surface area contributed by atoms with Gasteiger partial charge in [-0.15, -0.1) is 0 Å². The molecule has 1 N–H and O–H groups in total. The van der Waals surface area contributed by atoms with Crippen LogP contribution in [-0.2, 0) is 17.7 Å². The molecule has 4 nitrogen and oxygen atoms in total. The molecule has 0 saturated carbocycles. The minimum atomic E-state index is 0.434. The van der Waals surface area contributed by atoms with E-state index in [9.17, 15) is 0 Å². The van der Waals surface area contributed by atoms with Crippen LogP contribution in [0.15, 0.2) is 12.5 Å². The average molecular weight is 195 g/mol. The molecule has 2 rings (SSSR count). The lowest BCUT2D eigenvalue weighted by molar-refractivity contribution is 0.0712. The molecular formula is C10H17N3O. The van der Waals surface area contributed by atoms with Gasteiger partial charge in [-0.05, 0) is 6.42 Å². The Morgan fingerprint density at radius 2 is 2.64 bits per heavy atom. The van der Waals surface area contributed by atoms with Crippen LogP contribution in [0.2, 0.25) is 0 Å². The molecule has 14 heavy (non-hydrogen) atoms. The number of nitrogens with zero attached hydrogens (tertiary/aromatic N) is 2. The van der Waals surface area contributed by atoms with E-state index in [-0.39, 0.29) is 0 Å². The van der Waals surface area contributed by atoms with Gasteiger partial charge in [0.05, 0.1) is 19.5 Å². The van der Waals surface area contributed by atoms with Crippen molar-refractivity contribution >= 4 is 0 Å². The number of imidazole rings is 1. The third-order valence-corrected chi connectivity index (χ3v) is 2.58. The monoisotopic (exact) mass is 195 g/mol. The summed E-state index contributed by atoms with van der Waals surface area (Å²) in [6, 6.07) is 0.434. The molecule has 1 aromatic heterocycles. The highest BCUT2D eigenvalue weighted by Gasteiger charge is 2.14. The summed E-state index contributed by atoms with van der Waals surface area (Å²) in [7, 11) is 0. The van der Waals surface area contributed by atoms with Gasteiger partial charge in [0.2, 0.25) is 0 Å². The molecule has 0 spiro atoms. The maximum absolute atomic E-state index is 5.41. The largest absolute Gasteiger partial charge is 0.378 e. The lowest BCUT2D eigenvalue weighted by Gasteiger charge is -2.24. The fraction of sp³-hybridized carbons (Fsp3) is 0.700. The normalized spacial score (nSPS) is 22.5. The van der Waals surface area contributed by atoms with Gasteiger partial charge in [-0.2, -0.15) is 0 Å². The van der Waals surface area contributed by atoms with Crippen LogP contribution in [0.25, 0.3) is 0 Å². The number of hydrogen-bond acceptors (Lipinski definition) is 3. The molecule has 0 amide bonds. The standard InChI is InChI=1S/C10H17N3O/c1-2-10-5-11-8-13(10)6-9-7-14-4-3-12-9/h5,8-9,12H,2-4,6-7H2,1H3. The molecule has 0 aliphatic carbocycles. The van der Waals surface area contributed by atoms with Crippen molar-refractivity contribution in [2.45, 2.75) is 25.9 Å². The van der Waals surface area contributed by atoms with Gasteiger partial charge in [-0.1, -0.05) is 6.92 Å². The second-order valence-corrected chi connectivity index (χ2v) is 3.62. The van der Waals surface area contributed by atoms with Gasteiger partial charge >= 0.3 is 0 Å². The second kappa shape index (κ2) is 4.57. The van der Waals surface area contributed by atoms with E-state index < -0.39 is 0 Å². The van der Waals surface area contributed by atoms with E-state index in [2.05, 4.69) is 21.8 Å². The molecule has 1 saturated heterocycles. The smallest absolute Gasteiger partial charge is 0.0948 e. The fourth-order valence-corrected chi connectivity index (χ4v) is 1.78. The first-order valence-corrected chi connectivity index (χ1v) is 5.20. The molecule has 1 unspecified atom stereocenters. The van der Waals surface area contributed by atoms with Gasteiger partial charge in [0.15, 0.2) is 0 Å². The SMILES string of the molecule is CCc1cncn1CC1COCCN1. The summed E-state index contributed by atoms with van der Waals surface area (Å²) >= 11 is 0. The highest BCUT2D eigenvalue weighted by Crippen LogP contribution is 2.03. The minimum Gasteiger partial charge on any atom is -0.378 e. The van der Waals surface area contributed by atoms with Gasteiger partial charge in [-0.3, -0.25) is 0 Å². The number of hydrogen-bond donors (Lipinski definition) is 1. The van der Waals surface area contributed by atoms with Crippen LogP contribution < -0.4 is 5.32 Å². The summed E-state index contributed by atoms with van der Waals surface area (Å²) in [5.41, 5.74) is 1.29. The fourth-order valence-electron chi connectivity index (χ4n) is 1.78. The molecule has 2 heterocycles. The zero-order valence-corrected chi connectivity index (χ0v) is 8.57. The van der Waals surface area contributed by atoms with Crippen molar-refractivity contribution in [1.29, 1.82) is 0 Å². The van der Waals surface area contributed by atoms with Crippen LogP contribution in [0.1, 0.15) is 12.6 Å². The predicted molar refractivity (Wildman–Crippen MR) is 54.2 cm³/mol. The second-order valence-electron chi connectivity index (χ2n) is 3.62. The number of rotatable bonds is 3. The topological polar surface area (TPSA) is 39.1 Å². The predicted octanol–water partition coefficient (Wildman–Crippen LogP) is 0.434. The van der Waals surface area contributed by atoms with Gasteiger partial charge < -0.3 is 14.6 Å². The average Bonchev–Trinajstić information content (AvgIpc) is 2.67. The summed E-state index contributed by atoms with van der Waals surface area (Å²) in [6.07, 6.45) is 4.87. The Balaban J connectivity index is 1.95. The summed E-state index contributed by atoms with van der Waals surface area (Å²) in [6.45, 7) is 5.71. The summed E-state index contributed by atoms with van der Waals surface area (Å²) in [4.78, 5) is 4.15. The molecule has 0 aromatic carbocycles. The van der Waals surface area contributed by atoms with Crippen LogP contribution in [-0.4, -0.2) is 35.4 Å². The molecule has 1 aromatic rings. The van der Waals surface area contributed by atoms with Crippen molar-refractivity contribution in [3.63, 3.8) is 0 Å². The van der Waals surface area contributed by atoms with Gasteiger partial charge in [0.1, 0.15) is 0 Å². The van der Waals surface area contributed by atoms with Crippen LogP contribution in [0.5, 0.6) is 0 Å². The molecule has 4 heteroatoms. The lowest BCUT2D eigenvalue weighted by Crippen LogP contribution is -2.43. The molecule has 1 aliphatic heterocycles. The van der Waals surface area contributed by atoms with E-state index in [4.69, 9.17) is 4.74 Å². The minimum absolute atomic E-state index is 0.434. The molecule has 1 atom stereocenters. The van der Waals surface area contributed by atoms with Crippen LogP contribution in [0, 0.1) is 0 Å². The van der Waals surface area contributed by atoms with Crippen molar-refractivity contribution < 1.29 is 4.74 Å². The quantitative estimate of drug-likeness (QED) is 0.760. The molecule has 0 radical (unpaired) electrons. The Labute approximate surface area is 84.3 Å². The van der Waals surface area contributed by atoms with Crippen molar-refractivity contribution in [2.75, 3.05) is 19.8 Å². The molecular weight excluding hydrogens is 178 g/mol. The van der Waals surface area contributed by atoms with E-state index in [1.54, 1.807) is 0 Å². The first kappa shape index (κ1) is 9.68. The molecule has 78 valence electrons.